The lowest BCUT2D eigenvalue weighted by Gasteiger charge is -2.10. The summed E-state index contributed by atoms with van der Waals surface area (Å²) in [5.41, 5.74) is 2.85. The van der Waals surface area contributed by atoms with E-state index in [1.807, 2.05) is 19.1 Å². The van der Waals surface area contributed by atoms with Crippen molar-refractivity contribution in [3.8, 4) is 17.5 Å². The average Bonchev–Trinajstić information content (AvgIpc) is 3.32. The Morgan fingerprint density at radius 3 is 2.44 bits per heavy atom. The van der Waals surface area contributed by atoms with Crippen molar-refractivity contribution in [3.05, 3.63) is 35.0 Å². The Morgan fingerprint density at radius 2 is 1.81 bits per heavy atom. The van der Waals surface area contributed by atoms with Crippen LogP contribution < -0.4 is 5.32 Å². The summed E-state index contributed by atoms with van der Waals surface area (Å²) in [5.74, 6) is -0.338. The maximum Gasteiger partial charge on any atom is 0.241 e. The van der Waals surface area contributed by atoms with Crippen LogP contribution in [-0.4, -0.2) is 25.7 Å². The van der Waals surface area contributed by atoms with Gasteiger partial charge < -0.3 is 5.32 Å². The number of hydrogen-bond donors (Lipinski definition) is 2. The Labute approximate surface area is 194 Å². The molecule has 3 rings (SSSR count). The number of unbranched alkanes of at least 4 members (excludes halogenated alkanes) is 7. The second kappa shape index (κ2) is 11.7. The number of anilines is 1. The summed E-state index contributed by atoms with van der Waals surface area (Å²) in [5, 5.41) is 20.2. The number of amides is 1. The highest BCUT2D eigenvalue weighted by molar-refractivity contribution is 6.34. The molecule has 0 radical (unpaired) electrons. The molecular formula is C24H31ClN6O. The third kappa shape index (κ3) is 6.10. The fourth-order valence-corrected chi connectivity index (χ4v) is 3.86. The lowest BCUT2D eigenvalue weighted by atomic mass is 10.00. The van der Waals surface area contributed by atoms with Crippen LogP contribution in [0, 0.1) is 24.2 Å². The van der Waals surface area contributed by atoms with Gasteiger partial charge in [-0.05, 0) is 37.6 Å². The molecule has 1 amide bonds. The highest BCUT2D eigenvalue weighted by Gasteiger charge is 2.18. The van der Waals surface area contributed by atoms with Crippen molar-refractivity contribution < 1.29 is 4.79 Å². The SMILES string of the molecule is CCCCCCCCCCC(C#N)C(=O)Nc1ccc(-c2nc3c(Cl)c(C)[nH]n3n2)cc1. The lowest BCUT2D eigenvalue weighted by molar-refractivity contribution is -0.118. The van der Waals surface area contributed by atoms with Gasteiger partial charge in [-0.1, -0.05) is 69.9 Å². The molecule has 0 bridgehead atoms. The van der Waals surface area contributed by atoms with Crippen LogP contribution >= 0.6 is 11.6 Å². The molecule has 0 spiro atoms. The second-order valence-electron chi connectivity index (χ2n) is 8.23. The summed E-state index contributed by atoms with van der Waals surface area (Å²) in [7, 11) is 0. The van der Waals surface area contributed by atoms with Crippen molar-refractivity contribution >= 4 is 28.8 Å². The number of aromatic amines is 1. The molecule has 1 unspecified atom stereocenters. The molecule has 7 nitrogen and oxygen atoms in total. The van der Waals surface area contributed by atoms with Crippen molar-refractivity contribution in [3.63, 3.8) is 0 Å². The maximum absolute atomic E-state index is 12.5. The monoisotopic (exact) mass is 454 g/mol. The number of nitrogens with zero attached hydrogens (tertiary/aromatic N) is 4. The van der Waals surface area contributed by atoms with E-state index in [-0.39, 0.29) is 5.91 Å². The molecule has 0 aliphatic heterocycles. The molecule has 3 aromatic rings. The summed E-state index contributed by atoms with van der Waals surface area (Å²) in [6.45, 7) is 4.08. The van der Waals surface area contributed by atoms with E-state index >= 15 is 0 Å². The number of carbonyl (C=O) groups is 1. The van der Waals surface area contributed by atoms with Crippen LogP contribution in [0.15, 0.2) is 24.3 Å². The third-order valence-electron chi connectivity index (χ3n) is 5.64. The van der Waals surface area contributed by atoms with Crippen LogP contribution in [0.4, 0.5) is 5.69 Å². The van der Waals surface area contributed by atoms with Crippen molar-refractivity contribution in [2.45, 2.75) is 71.6 Å². The number of rotatable bonds is 12. The minimum atomic E-state index is -0.629. The van der Waals surface area contributed by atoms with E-state index < -0.39 is 5.92 Å². The predicted octanol–water partition coefficient (Wildman–Crippen LogP) is 6.30. The number of benzene rings is 1. The molecule has 2 heterocycles. The van der Waals surface area contributed by atoms with Gasteiger partial charge in [-0.15, -0.1) is 5.10 Å². The van der Waals surface area contributed by atoms with E-state index in [0.29, 0.717) is 28.6 Å². The fraction of sp³-hybridized carbons (Fsp3) is 0.500. The van der Waals surface area contributed by atoms with Crippen molar-refractivity contribution in [2.75, 3.05) is 5.32 Å². The maximum atomic E-state index is 12.5. The molecule has 0 saturated carbocycles. The Hall–Kier alpha value is -2.85. The molecule has 0 aliphatic carbocycles. The molecule has 2 aromatic heterocycles. The van der Waals surface area contributed by atoms with E-state index in [0.717, 1.165) is 24.1 Å². The molecule has 32 heavy (non-hydrogen) atoms. The van der Waals surface area contributed by atoms with Crippen LogP contribution in [0.5, 0.6) is 0 Å². The predicted molar refractivity (Wildman–Crippen MR) is 127 cm³/mol. The zero-order valence-corrected chi connectivity index (χ0v) is 19.6. The van der Waals surface area contributed by atoms with Gasteiger partial charge in [0.25, 0.3) is 0 Å². The Morgan fingerprint density at radius 1 is 1.16 bits per heavy atom. The number of aryl methyl sites for hydroxylation is 1. The minimum Gasteiger partial charge on any atom is -0.325 e. The number of aromatic nitrogens is 4. The number of fused-ring (bicyclic) bond motifs is 1. The fourth-order valence-electron chi connectivity index (χ4n) is 3.70. The first kappa shape index (κ1) is 23.8. The highest BCUT2D eigenvalue weighted by atomic mass is 35.5. The van der Waals surface area contributed by atoms with E-state index in [1.54, 1.807) is 16.8 Å². The molecule has 8 heteroatoms. The normalized spacial score (nSPS) is 12.1. The van der Waals surface area contributed by atoms with Crippen molar-refractivity contribution in [2.24, 2.45) is 5.92 Å². The first-order valence-electron chi connectivity index (χ1n) is 11.4. The van der Waals surface area contributed by atoms with Gasteiger partial charge in [-0.25, -0.2) is 4.98 Å². The molecule has 0 saturated heterocycles. The molecule has 0 aliphatic rings. The van der Waals surface area contributed by atoms with Gasteiger partial charge >= 0.3 is 0 Å². The van der Waals surface area contributed by atoms with E-state index in [1.165, 1.54) is 38.5 Å². The molecule has 0 fully saturated rings. The van der Waals surface area contributed by atoms with Gasteiger partial charge in [0.2, 0.25) is 5.91 Å². The van der Waals surface area contributed by atoms with Gasteiger partial charge in [0, 0.05) is 11.3 Å². The molecule has 170 valence electrons. The van der Waals surface area contributed by atoms with Gasteiger partial charge in [0.05, 0.1) is 11.8 Å². The second-order valence-corrected chi connectivity index (χ2v) is 8.61. The Bertz CT molecular complexity index is 1060. The van der Waals surface area contributed by atoms with Gasteiger partial charge in [0.1, 0.15) is 10.9 Å². The number of hydrogen-bond acceptors (Lipinski definition) is 4. The van der Waals surface area contributed by atoms with Crippen LogP contribution in [0.25, 0.3) is 17.0 Å². The molecular weight excluding hydrogens is 424 g/mol. The number of halogens is 1. The standard InChI is InChI=1S/C24H31ClN6O/c1-3-4-5-6-7-8-9-10-11-19(16-26)24(32)27-20-14-12-18(13-15-20)22-28-23-21(25)17(2)29-31(23)30-22/h12-15,19,29H,3-11H2,1-2H3,(H,27,32). The summed E-state index contributed by atoms with van der Waals surface area (Å²) in [4.78, 5) is 17.0. The highest BCUT2D eigenvalue weighted by Crippen LogP contribution is 2.24. The van der Waals surface area contributed by atoms with Crippen LogP contribution in [0.1, 0.15) is 70.4 Å². The van der Waals surface area contributed by atoms with Crippen LogP contribution in [0.3, 0.4) is 0 Å². The Balaban J connectivity index is 1.48. The summed E-state index contributed by atoms with van der Waals surface area (Å²) < 4.78 is 1.55. The van der Waals surface area contributed by atoms with Crippen LogP contribution in [0.2, 0.25) is 5.02 Å². The van der Waals surface area contributed by atoms with Crippen LogP contribution in [-0.2, 0) is 4.79 Å². The first-order chi connectivity index (χ1) is 15.5. The van der Waals surface area contributed by atoms with Crippen molar-refractivity contribution in [1.29, 1.82) is 5.26 Å². The Kier molecular flexibility index (Phi) is 8.69. The molecule has 2 N–H and O–H groups in total. The quantitative estimate of drug-likeness (QED) is 0.314. The largest absolute Gasteiger partial charge is 0.325 e. The topological polar surface area (TPSA) is 98.9 Å². The number of H-pyrrole nitrogens is 1. The van der Waals surface area contributed by atoms with E-state index in [9.17, 15) is 10.1 Å². The molecule has 1 aromatic carbocycles. The zero-order chi connectivity index (χ0) is 22.9. The van der Waals surface area contributed by atoms with E-state index in [4.69, 9.17) is 11.6 Å². The third-order valence-corrected chi connectivity index (χ3v) is 6.09. The van der Waals surface area contributed by atoms with E-state index in [2.05, 4.69) is 33.5 Å². The zero-order valence-electron chi connectivity index (χ0n) is 18.8. The molecule has 1 atom stereocenters. The smallest absolute Gasteiger partial charge is 0.241 e. The number of carbonyl (C=O) groups excluding carboxylic acids is 1. The van der Waals surface area contributed by atoms with Crippen molar-refractivity contribution in [1.82, 2.24) is 19.8 Å². The number of nitriles is 1. The van der Waals surface area contributed by atoms with Gasteiger partial charge in [0.15, 0.2) is 11.5 Å². The summed E-state index contributed by atoms with van der Waals surface area (Å²) in [6.07, 6.45) is 10.1. The first-order valence-corrected chi connectivity index (χ1v) is 11.8. The van der Waals surface area contributed by atoms with Gasteiger partial charge in [-0.3, -0.25) is 9.89 Å². The average molecular weight is 455 g/mol. The lowest BCUT2D eigenvalue weighted by Crippen LogP contribution is -2.21. The summed E-state index contributed by atoms with van der Waals surface area (Å²) in [6, 6.07) is 9.41. The minimum absolute atomic E-state index is 0.251. The van der Waals surface area contributed by atoms with Gasteiger partial charge in [-0.2, -0.15) is 9.89 Å². The summed E-state index contributed by atoms with van der Waals surface area (Å²) >= 11 is 6.22. The number of nitrogens with one attached hydrogen (secondary N) is 2.